The average molecular weight is 531 g/mol. The Morgan fingerprint density at radius 2 is 1.97 bits per heavy atom. The van der Waals surface area contributed by atoms with Crippen molar-refractivity contribution in [2.75, 3.05) is 25.1 Å². The zero-order chi connectivity index (χ0) is 25.7. The van der Waals surface area contributed by atoms with Gasteiger partial charge in [0.15, 0.2) is 17.7 Å². The molecular weight excluding hydrogens is 507 g/mol. The molecule has 6 rings (SSSR count). The Labute approximate surface area is 239 Å². The monoisotopic (exact) mass is 531 g/mol. The van der Waals surface area contributed by atoms with Crippen LogP contribution in [0, 0.1) is 11.6 Å². The first-order valence-electron chi connectivity index (χ1n) is 11.9. The van der Waals surface area contributed by atoms with Crippen molar-refractivity contribution in [1.29, 1.82) is 0 Å². The van der Waals surface area contributed by atoms with Gasteiger partial charge in [-0.3, -0.25) is 9.36 Å². The van der Waals surface area contributed by atoms with Gasteiger partial charge in [-0.05, 0) is 37.3 Å². The zero-order valence-electron chi connectivity index (χ0n) is 20.1. The number of carbonyl (C=O) groups excluding carboxylic acids is 1. The van der Waals surface area contributed by atoms with Gasteiger partial charge in [-0.25, -0.2) is 8.78 Å². The summed E-state index contributed by atoms with van der Waals surface area (Å²) in [4.78, 5) is 15.7. The third-order valence-corrected chi connectivity index (χ3v) is 6.39. The van der Waals surface area contributed by atoms with Gasteiger partial charge in [0.25, 0.3) is 0 Å². The number of ether oxygens (including phenoxy) is 4. The quantitative estimate of drug-likeness (QED) is 0.288. The predicted octanol–water partition coefficient (Wildman–Crippen LogP) is 4.60. The topological polar surface area (TPSA) is 83.8 Å². The summed E-state index contributed by atoms with van der Waals surface area (Å²) >= 11 is 0. The van der Waals surface area contributed by atoms with Crippen LogP contribution in [0.4, 0.5) is 14.5 Å². The summed E-state index contributed by atoms with van der Waals surface area (Å²) in [5, 5.41) is 3.45. The fourth-order valence-electron chi connectivity index (χ4n) is 4.83. The number of imidazole rings is 1. The molecule has 2 atom stereocenters. The van der Waals surface area contributed by atoms with E-state index in [-0.39, 0.29) is 65.2 Å². The van der Waals surface area contributed by atoms with Crippen LogP contribution < -0.4 is 19.5 Å². The van der Waals surface area contributed by atoms with E-state index in [9.17, 15) is 13.6 Å². The molecular formula is C27H24F2N3NaO5. The van der Waals surface area contributed by atoms with Crippen LogP contribution in [-0.2, 0) is 9.53 Å². The number of para-hydroxylation sites is 1. The Balaban J connectivity index is 0.00000294. The number of rotatable bonds is 6. The molecule has 0 unspecified atom stereocenters. The summed E-state index contributed by atoms with van der Waals surface area (Å²) in [7, 11) is 0. The summed E-state index contributed by atoms with van der Waals surface area (Å²) in [5.74, 6) is -1.17. The Bertz CT molecular complexity index is 1540. The number of fused-ring (bicyclic) bond motifs is 3. The van der Waals surface area contributed by atoms with Gasteiger partial charge in [0.2, 0.25) is 0 Å². The number of benzene rings is 3. The number of aromatic nitrogens is 2. The molecule has 0 bridgehead atoms. The van der Waals surface area contributed by atoms with Crippen LogP contribution in [0.15, 0.2) is 48.5 Å². The molecule has 0 fully saturated rings. The number of halogens is 2. The first kappa shape index (κ1) is 26.3. The molecule has 1 aromatic heterocycles. The van der Waals surface area contributed by atoms with E-state index in [2.05, 4.69) is 10.3 Å². The van der Waals surface area contributed by atoms with Crippen molar-refractivity contribution in [3.05, 3.63) is 71.3 Å². The van der Waals surface area contributed by atoms with Crippen LogP contribution in [0.3, 0.4) is 0 Å². The van der Waals surface area contributed by atoms with E-state index in [1.54, 1.807) is 13.0 Å². The number of hydrogen-bond donors (Lipinski definition) is 1. The summed E-state index contributed by atoms with van der Waals surface area (Å²) in [5.41, 5.74) is 3.21. The number of nitrogens with one attached hydrogen (secondary N) is 1. The second-order valence-corrected chi connectivity index (χ2v) is 8.76. The predicted molar refractivity (Wildman–Crippen MR) is 138 cm³/mol. The van der Waals surface area contributed by atoms with Crippen LogP contribution in [0.2, 0.25) is 0 Å². The van der Waals surface area contributed by atoms with Gasteiger partial charge in [0.05, 0.1) is 23.9 Å². The van der Waals surface area contributed by atoms with Crippen molar-refractivity contribution >= 4 is 52.2 Å². The standard InChI is InChI=1S/C27H23F2N3O5.Na.H/c1-3-34-27-31-19-10-9-18(28)24(29)25(19)32(27)21-6-4-5-16-20(12-36-26(16)21)30-15-7-8-17-22(11-15)35-13-23(17)37-14(2)33;;/h4-11,20,23,30H,3,12-13H2,1-2H3;;/t20-,23-;;/m1../s1. The maximum absolute atomic E-state index is 14.9. The van der Waals surface area contributed by atoms with E-state index in [0.717, 1.165) is 22.9 Å². The fraction of sp³-hybridized carbons (Fsp3) is 0.259. The van der Waals surface area contributed by atoms with Gasteiger partial charge in [0, 0.05) is 29.8 Å². The van der Waals surface area contributed by atoms with Crippen LogP contribution in [-0.4, -0.2) is 64.9 Å². The van der Waals surface area contributed by atoms with E-state index in [4.69, 9.17) is 18.9 Å². The Morgan fingerprint density at radius 3 is 2.76 bits per heavy atom. The van der Waals surface area contributed by atoms with Gasteiger partial charge in [-0.2, -0.15) is 4.98 Å². The number of carbonyl (C=O) groups is 1. The van der Waals surface area contributed by atoms with Crippen LogP contribution >= 0.6 is 0 Å². The molecule has 2 aliphatic rings. The van der Waals surface area contributed by atoms with Gasteiger partial charge >= 0.3 is 41.5 Å². The third kappa shape index (κ3) is 4.46. The molecule has 0 amide bonds. The number of hydrogen-bond acceptors (Lipinski definition) is 7. The Morgan fingerprint density at radius 1 is 1.13 bits per heavy atom. The normalized spacial score (nSPS) is 17.2. The van der Waals surface area contributed by atoms with Crippen molar-refractivity contribution in [2.45, 2.75) is 26.0 Å². The molecule has 2 aliphatic heterocycles. The molecule has 11 heteroatoms. The molecule has 38 heavy (non-hydrogen) atoms. The van der Waals surface area contributed by atoms with E-state index in [0.29, 0.717) is 30.4 Å². The van der Waals surface area contributed by atoms with Crippen molar-refractivity contribution in [3.63, 3.8) is 0 Å². The molecule has 0 saturated carbocycles. The van der Waals surface area contributed by atoms with Crippen molar-refractivity contribution in [3.8, 4) is 23.2 Å². The molecule has 192 valence electrons. The number of nitrogens with zero attached hydrogens (tertiary/aromatic N) is 2. The molecule has 0 spiro atoms. The van der Waals surface area contributed by atoms with Gasteiger partial charge < -0.3 is 24.3 Å². The van der Waals surface area contributed by atoms with Gasteiger partial charge in [-0.1, -0.05) is 12.1 Å². The number of esters is 1. The Hall–Kier alpha value is -3.34. The zero-order valence-corrected chi connectivity index (χ0v) is 20.1. The minimum absolute atomic E-state index is 0. The number of anilines is 1. The summed E-state index contributed by atoms with van der Waals surface area (Å²) in [6.07, 6.45) is -0.422. The van der Waals surface area contributed by atoms with Gasteiger partial charge in [-0.15, -0.1) is 0 Å². The molecule has 8 nitrogen and oxygen atoms in total. The molecule has 0 saturated heterocycles. The van der Waals surface area contributed by atoms with Crippen LogP contribution in [0.1, 0.15) is 37.1 Å². The van der Waals surface area contributed by atoms with Crippen LogP contribution in [0.5, 0.6) is 17.5 Å². The van der Waals surface area contributed by atoms with E-state index in [1.807, 2.05) is 30.3 Å². The minimum atomic E-state index is -1.01. The molecule has 3 aromatic carbocycles. The first-order valence-corrected chi connectivity index (χ1v) is 11.9. The summed E-state index contributed by atoms with van der Waals surface area (Å²) in [6, 6.07) is 13.5. The molecule has 1 N–H and O–H groups in total. The molecule has 0 radical (unpaired) electrons. The summed E-state index contributed by atoms with van der Waals surface area (Å²) in [6.45, 7) is 4.05. The Kier molecular flexibility index (Phi) is 7.21. The first-order chi connectivity index (χ1) is 17.9. The third-order valence-electron chi connectivity index (χ3n) is 6.39. The van der Waals surface area contributed by atoms with E-state index < -0.39 is 17.7 Å². The second kappa shape index (κ2) is 10.4. The molecule has 3 heterocycles. The second-order valence-electron chi connectivity index (χ2n) is 8.76. The van der Waals surface area contributed by atoms with Crippen molar-refractivity contribution < 1.29 is 32.5 Å². The van der Waals surface area contributed by atoms with Crippen molar-refractivity contribution in [2.24, 2.45) is 0 Å². The fourth-order valence-corrected chi connectivity index (χ4v) is 4.83. The van der Waals surface area contributed by atoms with Crippen molar-refractivity contribution in [1.82, 2.24) is 9.55 Å². The van der Waals surface area contributed by atoms with E-state index >= 15 is 0 Å². The van der Waals surface area contributed by atoms with Gasteiger partial charge in [0.1, 0.15) is 30.2 Å². The molecule has 4 aromatic rings. The van der Waals surface area contributed by atoms with Crippen LogP contribution in [0.25, 0.3) is 16.7 Å². The maximum atomic E-state index is 14.9. The SMILES string of the molecule is CCOc1nc2ccc(F)c(F)c2n1-c1cccc2c1OC[C@H]2Nc1ccc2c(c1)OC[C@H]2OC(C)=O.[NaH]. The molecule has 0 aliphatic carbocycles. The summed E-state index contributed by atoms with van der Waals surface area (Å²) < 4.78 is 53.3. The average Bonchev–Trinajstić information content (AvgIpc) is 3.57. The van der Waals surface area contributed by atoms with E-state index in [1.165, 1.54) is 17.6 Å².